The first-order chi connectivity index (χ1) is 10.0. The maximum atomic E-state index is 11.9. The van der Waals surface area contributed by atoms with Gasteiger partial charge in [-0.1, -0.05) is 26.0 Å². The molecule has 0 atom stereocenters. The van der Waals surface area contributed by atoms with Crippen LogP contribution in [0.15, 0.2) is 18.2 Å². The molecule has 0 aliphatic rings. The van der Waals surface area contributed by atoms with Crippen LogP contribution in [0.1, 0.15) is 44.7 Å². The molecule has 0 heterocycles. The third kappa shape index (κ3) is 5.45. The molecule has 0 bridgehead atoms. The molecule has 0 aliphatic heterocycles. The van der Waals surface area contributed by atoms with E-state index in [1.54, 1.807) is 32.0 Å². The Labute approximate surface area is 126 Å². The summed E-state index contributed by atoms with van der Waals surface area (Å²) in [4.78, 5) is 23.8. The molecule has 0 fully saturated rings. The van der Waals surface area contributed by atoms with E-state index < -0.39 is 17.9 Å². The number of nitrogen functional groups attached to an aromatic ring is 1. The van der Waals surface area contributed by atoms with Crippen molar-refractivity contribution in [3.05, 3.63) is 29.3 Å². The molecule has 0 aromatic heterocycles. The molecule has 2 N–H and O–H groups in total. The molecule has 1 aromatic rings. The molecule has 0 saturated carbocycles. The van der Waals surface area contributed by atoms with Crippen LogP contribution in [0, 0.1) is 6.92 Å². The number of rotatable bonds is 5. The average Bonchev–Trinajstić information content (AvgIpc) is 2.44. The fourth-order valence-electron chi connectivity index (χ4n) is 1.76. The van der Waals surface area contributed by atoms with Crippen LogP contribution in [0.3, 0.4) is 0 Å². The molecule has 118 valence electrons. The third-order valence-corrected chi connectivity index (χ3v) is 2.60. The monoisotopic (exact) mass is 295 g/mol. The first-order valence-corrected chi connectivity index (χ1v) is 7.20. The van der Waals surface area contributed by atoms with Crippen LogP contribution in [0.5, 0.6) is 0 Å². The Balaban J connectivity index is 0.00000191. The van der Waals surface area contributed by atoms with Crippen molar-refractivity contribution >= 4 is 17.6 Å². The van der Waals surface area contributed by atoms with Crippen molar-refractivity contribution in [1.82, 2.24) is 0 Å². The van der Waals surface area contributed by atoms with Gasteiger partial charge in [-0.2, -0.15) is 0 Å². The topological polar surface area (TPSA) is 78.6 Å². The van der Waals surface area contributed by atoms with Gasteiger partial charge in [0.25, 0.3) is 0 Å². The minimum atomic E-state index is -1.12. The van der Waals surface area contributed by atoms with E-state index in [0.717, 1.165) is 5.56 Å². The number of carbonyl (C=O) groups excluding carboxylic acids is 2. The van der Waals surface area contributed by atoms with Crippen LogP contribution in [0.2, 0.25) is 0 Å². The Hall–Kier alpha value is -2.04. The minimum absolute atomic E-state index is 0.195. The van der Waals surface area contributed by atoms with Crippen LogP contribution in [0.25, 0.3) is 0 Å². The molecule has 5 nitrogen and oxygen atoms in total. The number of benzene rings is 1. The molecular formula is C16H25NO4. The number of anilines is 1. The Morgan fingerprint density at radius 2 is 1.57 bits per heavy atom. The number of ether oxygens (including phenoxy) is 2. The SMILES string of the molecule is CC.CCOC(=O)C(C(=O)OCC)c1ccc(C)cc1N. The zero-order valence-corrected chi connectivity index (χ0v) is 13.4. The van der Waals surface area contributed by atoms with Gasteiger partial charge in [-0.3, -0.25) is 9.59 Å². The van der Waals surface area contributed by atoms with E-state index in [-0.39, 0.29) is 13.2 Å². The fraction of sp³-hybridized carbons (Fsp3) is 0.500. The lowest BCUT2D eigenvalue weighted by atomic mass is 9.96. The summed E-state index contributed by atoms with van der Waals surface area (Å²) < 4.78 is 9.83. The summed E-state index contributed by atoms with van der Waals surface area (Å²) in [5.41, 5.74) is 7.63. The summed E-state index contributed by atoms with van der Waals surface area (Å²) in [6.45, 7) is 9.63. The first kappa shape index (κ1) is 19.0. The normalized spacial score (nSPS) is 9.62. The van der Waals surface area contributed by atoms with Crippen molar-refractivity contribution < 1.29 is 19.1 Å². The van der Waals surface area contributed by atoms with Crippen LogP contribution in [-0.2, 0) is 19.1 Å². The molecule has 0 radical (unpaired) electrons. The van der Waals surface area contributed by atoms with Crippen LogP contribution in [-0.4, -0.2) is 25.2 Å². The highest BCUT2D eigenvalue weighted by atomic mass is 16.6. The smallest absolute Gasteiger partial charge is 0.324 e. The number of nitrogens with two attached hydrogens (primary N) is 1. The van der Waals surface area contributed by atoms with E-state index in [2.05, 4.69) is 0 Å². The Bertz CT molecular complexity index is 453. The van der Waals surface area contributed by atoms with Gasteiger partial charge in [0.15, 0.2) is 5.92 Å². The van der Waals surface area contributed by atoms with E-state index in [1.165, 1.54) is 0 Å². The van der Waals surface area contributed by atoms with Gasteiger partial charge in [0.05, 0.1) is 13.2 Å². The Morgan fingerprint density at radius 3 is 1.95 bits per heavy atom. The van der Waals surface area contributed by atoms with Crippen LogP contribution >= 0.6 is 0 Å². The van der Waals surface area contributed by atoms with E-state index in [1.807, 2.05) is 20.8 Å². The quantitative estimate of drug-likeness (QED) is 0.513. The standard InChI is InChI=1S/C14H19NO4.C2H6/c1-4-18-13(16)12(14(17)19-5-2)10-7-6-9(3)8-11(10)15;1-2/h6-8,12H,4-5,15H2,1-3H3;1-2H3. The molecule has 0 aliphatic carbocycles. The van der Waals surface area contributed by atoms with Crippen molar-refractivity contribution in [2.75, 3.05) is 18.9 Å². The fourth-order valence-corrected chi connectivity index (χ4v) is 1.76. The number of carbonyl (C=O) groups is 2. The zero-order valence-electron chi connectivity index (χ0n) is 13.4. The van der Waals surface area contributed by atoms with Gasteiger partial charge in [-0.15, -0.1) is 0 Å². The lowest BCUT2D eigenvalue weighted by molar-refractivity contribution is -0.156. The molecule has 21 heavy (non-hydrogen) atoms. The second kappa shape index (κ2) is 9.80. The van der Waals surface area contributed by atoms with Gasteiger partial charge < -0.3 is 15.2 Å². The molecule has 1 rings (SSSR count). The van der Waals surface area contributed by atoms with Gasteiger partial charge in [0.1, 0.15) is 0 Å². The second-order valence-corrected chi connectivity index (χ2v) is 4.07. The van der Waals surface area contributed by atoms with E-state index in [4.69, 9.17) is 15.2 Å². The van der Waals surface area contributed by atoms with Crippen molar-refractivity contribution in [3.8, 4) is 0 Å². The van der Waals surface area contributed by atoms with E-state index in [0.29, 0.717) is 11.3 Å². The summed E-state index contributed by atoms with van der Waals surface area (Å²) in [6.07, 6.45) is 0. The molecule has 0 amide bonds. The highest BCUT2D eigenvalue weighted by Crippen LogP contribution is 2.26. The van der Waals surface area contributed by atoms with Gasteiger partial charge in [0.2, 0.25) is 0 Å². The van der Waals surface area contributed by atoms with E-state index in [9.17, 15) is 9.59 Å². The highest BCUT2D eigenvalue weighted by molar-refractivity contribution is 6.02. The summed E-state index contributed by atoms with van der Waals surface area (Å²) in [7, 11) is 0. The predicted molar refractivity (Wildman–Crippen MR) is 82.9 cm³/mol. The predicted octanol–water partition coefficient (Wildman–Crippen LogP) is 2.81. The first-order valence-electron chi connectivity index (χ1n) is 7.20. The zero-order chi connectivity index (χ0) is 16.4. The van der Waals surface area contributed by atoms with Crippen molar-refractivity contribution in [1.29, 1.82) is 0 Å². The van der Waals surface area contributed by atoms with Gasteiger partial charge in [0, 0.05) is 11.3 Å². The maximum absolute atomic E-state index is 11.9. The van der Waals surface area contributed by atoms with Gasteiger partial charge in [-0.25, -0.2) is 0 Å². The van der Waals surface area contributed by atoms with Gasteiger partial charge in [-0.05, 0) is 32.4 Å². The highest BCUT2D eigenvalue weighted by Gasteiger charge is 2.32. The summed E-state index contributed by atoms with van der Waals surface area (Å²) >= 11 is 0. The Kier molecular flexibility index (Phi) is 8.85. The molecule has 0 spiro atoms. The largest absolute Gasteiger partial charge is 0.465 e. The van der Waals surface area contributed by atoms with E-state index >= 15 is 0 Å². The summed E-state index contributed by atoms with van der Waals surface area (Å²) in [5, 5.41) is 0. The Morgan fingerprint density at radius 1 is 1.10 bits per heavy atom. The molecule has 0 unspecified atom stereocenters. The number of esters is 2. The summed E-state index contributed by atoms with van der Waals surface area (Å²) in [5.74, 6) is -2.41. The third-order valence-electron chi connectivity index (χ3n) is 2.60. The second-order valence-electron chi connectivity index (χ2n) is 4.07. The van der Waals surface area contributed by atoms with Gasteiger partial charge >= 0.3 is 11.9 Å². The lowest BCUT2D eigenvalue weighted by Crippen LogP contribution is -2.27. The number of hydrogen-bond acceptors (Lipinski definition) is 5. The molecular weight excluding hydrogens is 270 g/mol. The van der Waals surface area contributed by atoms with Crippen molar-refractivity contribution in [2.24, 2.45) is 0 Å². The molecule has 0 saturated heterocycles. The molecule has 1 aromatic carbocycles. The maximum Gasteiger partial charge on any atom is 0.324 e. The minimum Gasteiger partial charge on any atom is -0.465 e. The van der Waals surface area contributed by atoms with Crippen molar-refractivity contribution in [3.63, 3.8) is 0 Å². The average molecular weight is 295 g/mol. The lowest BCUT2D eigenvalue weighted by Gasteiger charge is -2.16. The van der Waals surface area contributed by atoms with Crippen molar-refractivity contribution in [2.45, 2.75) is 40.5 Å². The van der Waals surface area contributed by atoms with Crippen LogP contribution in [0.4, 0.5) is 5.69 Å². The summed E-state index contributed by atoms with van der Waals surface area (Å²) in [6, 6.07) is 5.15. The number of hydrogen-bond donors (Lipinski definition) is 1. The molecule has 5 heteroatoms. The van der Waals surface area contributed by atoms with Crippen LogP contribution < -0.4 is 5.73 Å². The number of aryl methyl sites for hydroxylation is 1.